The molecule has 2 heteroatoms. The van der Waals surface area contributed by atoms with E-state index in [9.17, 15) is 4.79 Å². The summed E-state index contributed by atoms with van der Waals surface area (Å²) in [6.45, 7) is 8.49. The quantitative estimate of drug-likeness (QED) is 0.350. The molecule has 0 heterocycles. The maximum absolute atomic E-state index is 10.2. The second-order valence-electron chi connectivity index (χ2n) is 3.87. The Kier molecular flexibility index (Phi) is 4.13. The number of hydrogen-bond donors (Lipinski definition) is 0. The largest absolute Gasteiger partial charge is 0.303 e. The Bertz CT molecular complexity index is 180. The van der Waals surface area contributed by atoms with Gasteiger partial charge in [0.15, 0.2) is 0 Å². The molecule has 0 spiro atoms. The molecule has 0 N–H and O–H groups in total. The lowest BCUT2D eigenvalue weighted by atomic mass is 10.1. The van der Waals surface area contributed by atoms with Crippen LogP contribution in [0.2, 0.25) is 19.6 Å². The van der Waals surface area contributed by atoms with E-state index in [1.54, 1.807) is 0 Å². The fraction of sp³-hybridized carbons (Fsp3) is 0.667. The second kappa shape index (κ2) is 4.35. The summed E-state index contributed by atoms with van der Waals surface area (Å²) >= 11 is 0. The van der Waals surface area contributed by atoms with Crippen molar-refractivity contribution in [1.29, 1.82) is 0 Å². The lowest BCUT2D eigenvalue weighted by molar-refractivity contribution is -0.110. The van der Waals surface area contributed by atoms with E-state index in [1.165, 1.54) is 0 Å². The van der Waals surface area contributed by atoms with E-state index < -0.39 is 8.07 Å². The van der Waals surface area contributed by atoms with Crippen molar-refractivity contribution in [1.82, 2.24) is 0 Å². The summed E-state index contributed by atoms with van der Waals surface area (Å²) in [4.78, 5) is 10.2. The molecule has 1 atom stereocenters. The fourth-order valence-electron chi connectivity index (χ4n) is 0.525. The first-order valence-electron chi connectivity index (χ1n) is 3.91. The average molecular weight is 168 g/mol. The van der Waals surface area contributed by atoms with Gasteiger partial charge in [-0.25, -0.2) is 0 Å². The number of carbonyl (C=O) groups is 1. The van der Waals surface area contributed by atoms with Crippen LogP contribution in [0, 0.1) is 17.4 Å². The van der Waals surface area contributed by atoms with Gasteiger partial charge >= 0.3 is 0 Å². The molecule has 0 aromatic heterocycles. The molecule has 11 heavy (non-hydrogen) atoms. The average Bonchev–Trinajstić information content (AvgIpc) is 1.85. The molecular weight excluding hydrogens is 152 g/mol. The molecule has 0 aromatic rings. The summed E-state index contributed by atoms with van der Waals surface area (Å²) in [5.41, 5.74) is 3.22. The molecule has 0 aliphatic heterocycles. The molecule has 0 saturated carbocycles. The molecule has 62 valence electrons. The zero-order valence-corrected chi connectivity index (χ0v) is 8.77. The minimum atomic E-state index is -1.21. The highest BCUT2D eigenvalue weighted by Crippen LogP contribution is 1.99. The maximum Gasteiger partial charge on any atom is 0.129 e. The van der Waals surface area contributed by atoms with Gasteiger partial charge in [-0.1, -0.05) is 26.6 Å². The highest BCUT2D eigenvalue weighted by Gasteiger charge is 2.07. The Labute approximate surface area is 70.2 Å². The zero-order valence-electron chi connectivity index (χ0n) is 7.77. The van der Waals surface area contributed by atoms with Crippen LogP contribution in [0.3, 0.4) is 0 Å². The van der Waals surface area contributed by atoms with Crippen molar-refractivity contribution in [2.45, 2.75) is 33.0 Å². The monoisotopic (exact) mass is 168 g/mol. The molecule has 0 aliphatic carbocycles. The predicted octanol–water partition coefficient (Wildman–Crippen LogP) is 2.09. The van der Waals surface area contributed by atoms with Crippen LogP contribution < -0.4 is 0 Å². The summed E-state index contributed by atoms with van der Waals surface area (Å²) in [6, 6.07) is 0. The van der Waals surface area contributed by atoms with E-state index in [0.717, 1.165) is 6.29 Å². The fourth-order valence-corrected chi connectivity index (χ4v) is 1.16. The molecule has 0 aromatic carbocycles. The van der Waals surface area contributed by atoms with Gasteiger partial charge in [-0.15, -0.1) is 11.5 Å². The van der Waals surface area contributed by atoms with Crippen LogP contribution in [0.25, 0.3) is 0 Å². The van der Waals surface area contributed by atoms with Crippen molar-refractivity contribution in [2.75, 3.05) is 0 Å². The van der Waals surface area contributed by atoms with Crippen molar-refractivity contribution in [3.63, 3.8) is 0 Å². The van der Waals surface area contributed by atoms with Crippen LogP contribution in [0.5, 0.6) is 0 Å². The first-order chi connectivity index (χ1) is 4.95. The van der Waals surface area contributed by atoms with Crippen LogP contribution in [0.4, 0.5) is 0 Å². The molecule has 0 bridgehead atoms. The SMILES string of the molecule is C[C@H](C=O)CC#C[Si](C)(C)C. The lowest BCUT2D eigenvalue weighted by Crippen LogP contribution is -2.16. The second-order valence-corrected chi connectivity index (χ2v) is 8.62. The van der Waals surface area contributed by atoms with Gasteiger partial charge in [0, 0.05) is 12.3 Å². The molecule has 0 unspecified atom stereocenters. The van der Waals surface area contributed by atoms with Crippen molar-refractivity contribution >= 4 is 14.4 Å². The maximum atomic E-state index is 10.2. The van der Waals surface area contributed by atoms with Crippen molar-refractivity contribution in [2.24, 2.45) is 5.92 Å². The van der Waals surface area contributed by atoms with Crippen LogP contribution in [-0.2, 0) is 4.79 Å². The molecule has 0 aliphatic rings. The van der Waals surface area contributed by atoms with Crippen LogP contribution >= 0.6 is 0 Å². The summed E-state index contributed by atoms with van der Waals surface area (Å²) in [5.74, 6) is 3.15. The first kappa shape index (κ1) is 10.4. The predicted molar refractivity (Wildman–Crippen MR) is 51.0 cm³/mol. The third kappa shape index (κ3) is 7.34. The zero-order chi connectivity index (χ0) is 8.91. The lowest BCUT2D eigenvalue weighted by Gasteiger charge is -2.03. The molecular formula is C9H16OSi. The van der Waals surface area contributed by atoms with Crippen molar-refractivity contribution < 1.29 is 4.79 Å². The molecule has 0 amide bonds. The standard InChI is InChI=1S/C9H16OSi/c1-9(8-10)6-5-7-11(2,3)4/h8-9H,6H2,1-4H3/t9-/m0/s1. The van der Waals surface area contributed by atoms with E-state index in [4.69, 9.17) is 0 Å². The summed E-state index contributed by atoms with van der Waals surface area (Å²) in [6.07, 6.45) is 1.67. The Morgan fingerprint density at radius 3 is 2.36 bits per heavy atom. The van der Waals surface area contributed by atoms with Gasteiger partial charge in [0.1, 0.15) is 14.4 Å². The van der Waals surface area contributed by atoms with Gasteiger partial charge in [-0.05, 0) is 0 Å². The van der Waals surface area contributed by atoms with Gasteiger partial charge in [-0.3, -0.25) is 0 Å². The van der Waals surface area contributed by atoms with E-state index in [1.807, 2.05) is 6.92 Å². The Morgan fingerprint density at radius 2 is 2.00 bits per heavy atom. The Balaban J connectivity index is 3.82. The van der Waals surface area contributed by atoms with E-state index >= 15 is 0 Å². The highest BCUT2D eigenvalue weighted by atomic mass is 28.3. The van der Waals surface area contributed by atoms with Crippen LogP contribution in [0.1, 0.15) is 13.3 Å². The minimum Gasteiger partial charge on any atom is -0.303 e. The summed E-state index contributed by atoms with van der Waals surface area (Å²) in [5, 5.41) is 0. The smallest absolute Gasteiger partial charge is 0.129 e. The van der Waals surface area contributed by atoms with Gasteiger partial charge < -0.3 is 4.79 Å². The van der Waals surface area contributed by atoms with E-state index in [2.05, 4.69) is 31.1 Å². The Morgan fingerprint density at radius 1 is 1.45 bits per heavy atom. The normalized spacial score (nSPS) is 13.1. The number of carbonyl (C=O) groups excluding carboxylic acids is 1. The van der Waals surface area contributed by atoms with Crippen LogP contribution in [-0.4, -0.2) is 14.4 Å². The van der Waals surface area contributed by atoms with Crippen molar-refractivity contribution in [3.8, 4) is 11.5 Å². The highest BCUT2D eigenvalue weighted by molar-refractivity contribution is 6.83. The molecule has 1 nitrogen and oxygen atoms in total. The Hall–Kier alpha value is -0.553. The third-order valence-electron chi connectivity index (χ3n) is 1.12. The number of rotatable bonds is 2. The van der Waals surface area contributed by atoms with Gasteiger partial charge in [-0.2, -0.15) is 0 Å². The topological polar surface area (TPSA) is 17.1 Å². The van der Waals surface area contributed by atoms with Gasteiger partial charge in [0.05, 0.1) is 0 Å². The number of aldehydes is 1. The minimum absolute atomic E-state index is 0.0962. The molecule has 0 fully saturated rings. The third-order valence-corrected chi connectivity index (χ3v) is 2.05. The molecule has 0 radical (unpaired) electrons. The van der Waals surface area contributed by atoms with Gasteiger partial charge in [0.25, 0.3) is 0 Å². The van der Waals surface area contributed by atoms with E-state index in [-0.39, 0.29) is 5.92 Å². The first-order valence-corrected chi connectivity index (χ1v) is 7.41. The summed E-state index contributed by atoms with van der Waals surface area (Å²) in [7, 11) is -1.21. The van der Waals surface area contributed by atoms with Crippen molar-refractivity contribution in [3.05, 3.63) is 0 Å². The molecule has 0 rings (SSSR count). The van der Waals surface area contributed by atoms with Crippen LogP contribution in [0.15, 0.2) is 0 Å². The van der Waals surface area contributed by atoms with E-state index in [0.29, 0.717) is 6.42 Å². The number of hydrogen-bond acceptors (Lipinski definition) is 1. The van der Waals surface area contributed by atoms with Gasteiger partial charge in [0.2, 0.25) is 0 Å². The summed E-state index contributed by atoms with van der Waals surface area (Å²) < 4.78 is 0. The molecule has 0 saturated heterocycles.